The van der Waals surface area contributed by atoms with Crippen molar-refractivity contribution in [3.8, 4) is 0 Å². The van der Waals surface area contributed by atoms with Crippen molar-refractivity contribution < 1.29 is 37.9 Å². The molecule has 0 saturated carbocycles. The van der Waals surface area contributed by atoms with Gasteiger partial charge in [0.1, 0.15) is 12.7 Å². The van der Waals surface area contributed by atoms with Crippen molar-refractivity contribution in [1.29, 1.82) is 0 Å². The van der Waals surface area contributed by atoms with Gasteiger partial charge >= 0.3 is 17.9 Å². The zero-order valence-electron chi connectivity index (χ0n) is 22.6. The first kappa shape index (κ1) is 27.7. The summed E-state index contributed by atoms with van der Waals surface area (Å²) in [5.74, 6) is -2.11. The summed E-state index contributed by atoms with van der Waals surface area (Å²) in [6, 6.07) is 31.3. The molecular weight excluding hydrogens is 554 g/mol. The van der Waals surface area contributed by atoms with Crippen LogP contribution in [-0.4, -0.2) is 47.6 Å². The number of esters is 3. The van der Waals surface area contributed by atoms with E-state index in [0.717, 1.165) is 4.74 Å². The van der Waals surface area contributed by atoms with Gasteiger partial charge < -0.3 is 23.5 Å². The Morgan fingerprint density at radius 3 is 1.67 bits per heavy atom. The van der Waals surface area contributed by atoms with Gasteiger partial charge in [-0.05, 0) is 48.5 Å². The minimum atomic E-state index is -1.36. The summed E-state index contributed by atoms with van der Waals surface area (Å²) < 4.78 is 30.2. The number of aromatic nitrogens is 1. The highest BCUT2D eigenvalue weighted by Gasteiger charge is 2.52. The molecule has 4 atom stereocenters. The molecule has 2 heterocycles. The Morgan fingerprint density at radius 2 is 1.12 bits per heavy atom. The number of benzene rings is 4. The highest BCUT2D eigenvalue weighted by molar-refractivity contribution is 5.91. The highest BCUT2D eigenvalue weighted by atomic mass is 16.7. The van der Waals surface area contributed by atoms with Gasteiger partial charge in [-0.3, -0.25) is 4.79 Å². The van der Waals surface area contributed by atoms with Gasteiger partial charge in [-0.1, -0.05) is 66.7 Å². The third-order valence-corrected chi connectivity index (χ3v) is 6.92. The Hall–Kier alpha value is -5.48. The van der Waals surface area contributed by atoms with Gasteiger partial charge in [0.05, 0.1) is 22.1 Å². The maximum atomic E-state index is 13.4. The van der Waals surface area contributed by atoms with Crippen molar-refractivity contribution >= 4 is 28.9 Å². The SMILES string of the molecule is O=C(OC[C@H]1O[C@H](n2oc3ccccc3c2=O)[C@@H](OC(=O)c2ccccc2)[C@@H]1OC(=O)c1ccccc1)c1ccccc1. The fraction of sp³-hybridized carbons (Fsp3) is 0.152. The van der Waals surface area contributed by atoms with Crippen LogP contribution in [0.1, 0.15) is 37.3 Å². The van der Waals surface area contributed by atoms with Crippen molar-refractivity contribution in [2.45, 2.75) is 24.5 Å². The van der Waals surface area contributed by atoms with E-state index < -0.39 is 48.0 Å². The Kier molecular flexibility index (Phi) is 7.84. The quantitative estimate of drug-likeness (QED) is 0.188. The molecule has 1 fully saturated rings. The lowest BCUT2D eigenvalue weighted by Gasteiger charge is -2.24. The summed E-state index contributed by atoms with van der Waals surface area (Å²) in [6.07, 6.45) is -5.16. The molecule has 43 heavy (non-hydrogen) atoms. The number of hydrogen-bond acceptors (Lipinski definition) is 9. The zero-order valence-corrected chi connectivity index (χ0v) is 22.6. The average Bonchev–Trinajstić information content (AvgIpc) is 3.57. The van der Waals surface area contributed by atoms with Gasteiger partial charge in [-0.15, -0.1) is 4.74 Å². The van der Waals surface area contributed by atoms with E-state index >= 15 is 0 Å². The van der Waals surface area contributed by atoms with E-state index in [9.17, 15) is 19.2 Å². The van der Waals surface area contributed by atoms with Crippen LogP contribution in [0.3, 0.4) is 0 Å². The van der Waals surface area contributed by atoms with Crippen LogP contribution in [0.2, 0.25) is 0 Å². The molecule has 4 aromatic carbocycles. The fourth-order valence-electron chi connectivity index (χ4n) is 4.80. The Bertz CT molecular complexity index is 1800. The molecule has 0 aliphatic carbocycles. The lowest BCUT2D eigenvalue weighted by Crippen LogP contribution is -2.42. The molecule has 0 amide bonds. The monoisotopic (exact) mass is 579 g/mol. The van der Waals surface area contributed by atoms with Gasteiger partial charge in [0, 0.05) is 0 Å². The summed E-state index contributed by atoms with van der Waals surface area (Å²) in [7, 11) is 0. The third-order valence-electron chi connectivity index (χ3n) is 6.92. The summed E-state index contributed by atoms with van der Waals surface area (Å²) in [6.45, 7) is -0.384. The summed E-state index contributed by atoms with van der Waals surface area (Å²) in [4.78, 5) is 52.7. The molecule has 1 aliphatic heterocycles. The fourth-order valence-corrected chi connectivity index (χ4v) is 4.80. The van der Waals surface area contributed by atoms with Crippen LogP contribution in [0.25, 0.3) is 11.0 Å². The number of rotatable bonds is 8. The molecule has 0 unspecified atom stereocenters. The molecule has 5 aromatic rings. The smallest absolute Gasteiger partial charge is 0.338 e. The van der Waals surface area contributed by atoms with Gasteiger partial charge in [0.2, 0.25) is 6.23 Å². The molecule has 6 rings (SSSR count). The zero-order chi connectivity index (χ0) is 29.8. The predicted molar refractivity (Wildman–Crippen MR) is 152 cm³/mol. The van der Waals surface area contributed by atoms with Crippen LogP contribution in [0, 0.1) is 0 Å². The second-order valence-corrected chi connectivity index (χ2v) is 9.72. The summed E-state index contributed by atoms with van der Waals surface area (Å²) in [5.41, 5.74) is 0.498. The first-order chi connectivity index (χ1) is 21.0. The number of carbonyl (C=O) groups is 3. The van der Waals surface area contributed by atoms with Crippen molar-refractivity contribution in [2.75, 3.05) is 6.61 Å². The van der Waals surface area contributed by atoms with E-state index in [-0.39, 0.29) is 28.7 Å². The van der Waals surface area contributed by atoms with Gasteiger partial charge in [-0.2, -0.15) is 0 Å². The van der Waals surface area contributed by atoms with Gasteiger partial charge in [0.15, 0.2) is 17.8 Å². The number of hydrogen-bond donors (Lipinski definition) is 0. The molecule has 1 saturated heterocycles. The minimum absolute atomic E-state index is 0.227. The van der Waals surface area contributed by atoms with Crippen LogP contribution in [0.15, 0.2) is 125 Å². The van der Waals surface area contributed by atoms with Gasteiger partial charge in [-0.25, -0.2) is 14.4 Å². The maximum absolute atomic E-state index is 13.4. The van der Waals surface area contributed by atoms with E-state index in [4.69, 9.17) is 23.5 Å². The molecule has 0 radical (unpaired) electrons. The standard InChI is InChI=1S/C33H25NO9/c35-29-24-18-10-11-19-25(24)43-34(29)30-28(42-33(38)23-16-8-3-9-17-23)27(41-32(37)22-14-6-2-7-15-22)26(40-30)20-39-31(36)21-12-4-1-5-13-21/h1-19,26-28,30H,20H2/t26-,27-,28+,30+/m1/s1. The van der Waals surface area contributed by atoms with Crippen LogP contribution in [0.5, 0.6) is 0 Å². The highest BCUT2D eigenvalue weighted by Crippen LogP contribution is 2.35. The van der Waals surface area contributed by atoms with E-state index in [1.165, 1.54) is 0 Å². The number of carbonyl (C=O) groups excluding carboxylic acids is 3. The average molecular weight is 580 g/mol. The molecule has 1 aromatic heterocycles. The van der Waals surface area contributed by atoms with Gasteiger partial charge in [0.25, 0.3) is 5.56 Å². The predicted octanol–water partition coefficient (Wildman–Crippen LogP) is 4.80. The van der Waals surface area contributed by atoms with E-state index in [1.54, 1.807) is 115 Å². The van der Waals surface area contributed by atoms with Crippen LogP contribution in [0.4, 0.5) is 0 Å². The van der Waals surface area contributed by atoms with Crippen LogP contribution in [-0.2, 0) is 18.9 Å². The Balaban J connectivity index is 1.37. The lowest BCUT2D eigenvalue weighted by atomic mass is 10.1. The van der Waals surface area contributed by atoms with Crippen molar-refractivity contribution in [1.82, 2.24) is 4.74 Å². The Morgan fingerprint density at radius 1 is 0.628 bits per heavy atom. The maximum Gasteiger partial charge on any atom is 0.338 e. The van der Waals surface area contributed by atoms with E-state index in [2.05, 4.69) is 0 Å². The molecule has 1 aliphatic rings. The van der Waals surface area contributed by atoms with E-state index in [0.29, 0.717) is 5.56 Å². The largest absolute Gasteiger partial charge is 0.459 e. The third kappa shape index (κ3) is 5.81. The first-order valence-corrected chi connectivity index (χ1v) is 13.5. The molecule has 216 valence electrons. The number of para-hydroxylation sites is 1. The number of fused-ring (bicyclic) bond motifs is 1. The van der Waals surface area contributed by atoms with Crippen molar-refractivity contribution in [3.63, 3.8) is 0 Å². The molecular formula is C33H25NO9. The number of ether oxygens (including phenoxy) is 4. The normalized spacial score (nSPS) is 19.5. The molecule has 10 heteroatoms. The number of nitrogens with zero attached hydrogens (tertiary/aromatic N) is 1. The second kappa shape index (κ2) is 12.2. The lowest BCUT2D eigenvalue weighted by molar-refractivity contribution is -0.0919. The summed E-state index contributed by atoms with van der Waals surface area (Å²) in [5, 5.41) is 0.274. The van der Waals surface area contributed by atoms with Crippen molar-refractivity contribution in [3.05, 3.63) is 142 Å². The topological polar surface area (TPSA) is 123 Å². The Labute approximate surface area is 244 Å². The molecule has 10 nitrogen and oxygen atoms in total. The summed E-state index contributed by atoms with van der Waals surface area (Å²) >= 11 is 0. The minimum Gasteiger partial charge on any atom is -0.459 e. The van der Waals surface area contributed by atoms with Crippen molar-refractivity contribution in [2.24, 2.45) is 0 Å². The molecule has 0 bridgehead atoms. The molecule has 0 N–H and O–H groups in total. The second-order valence-electron chi connectivity index (χ2n) is 9.72. The molecule has 0 spiro atoms. The first-order valence-electron chi connectivity index (χ1n) is 13.5. The van der Waals surface area contributed by atoms with Crippen LogP contribution >= 0.6 is 0 Å². The van der Waals surface area contributed by atoms with E-state index in [1.807, 2.05) is 0 Å². The van der Waals surface area contributed by atoms with Crippen LogP contribution < -0.4 is 5.56 Å².